The molecule has 0 N–H and O–H groups in total. The number of nitrogens with zero attached hydrogens (tertiary/aromatic N) is 3. The summed E-state index contributed by atoms with van der Waals surface area (Å²) < 4.78 is 0. The van der Waals surface area contributed by atoms with Gasteiger partial charge in [0.25, 0.3) is 0 Å². The van der Waals surface area contributed by atoms with Crippen molar-refractivity contribution in [2.45, 2.75) is 25.8 Å². The summed E-state index contributed by atoms with van der Waals surface area (Å²) in [6, 6.07) is 9.24. The highest BCUT2D eigenvalue weighted by atomic mass is 16.2. The lowest BCUT2D eigenvalue weighted by atomic mass is 10.2. The zero-order chi connectivity index (χ0) is 13.8. The van der Waals surface area contributed by atoms with Crippen LogP contribution in [0.15, 0.2) is 24.3 Å². The summed E-state index contributed by atoms with van der Waals surface area (Å²) >= 11 is 0. The van der Waals surface area contributed by atoms with E-state index in [-0.39, 0.29) is 11.9 Å². The van der Waals surface area contributed by atoms with Crippen LogP contribution in [0.25, 0.3) is 0 Å². The van der Waals surface area contributed by atoms with E-state index in [4.69, 9.17) is 5.26 Å². The molecule has 0 spiro atoms. The van der Waals surface area contributed by atoms with Gasteiger partial charge in [-0.2, -0.15) is 5.26 Å². The molecule has 4 heteroatoms. The minimum absolute atomic E-state index is 0.175. The molecular formula is C15H19N3O. The summed E-state index contributed by atoms with van der Waals surface area (Å²) in [6.07, 6.45) is 2.22. The fourth-order valence-electron chi connectivity index (χ4n) is 2.36. The number of anilines is 1. The van der Waals surface area contributed by atoms with E-state index in [0.717, 1.165) is 31.6 Å². The van der Waals surface area contributed by atoms with E-state index in [0.29, 0.717) is 5.56 Å². The van der Waals surface area contributed by atoms with E-state index in [1.165, 1.54) is 0 Å². The van der Waals surface area contributed by atoms with Gasteiger partial charge in [-0.3, -0.25) is 4.79 Å². The van der Waals surface area contributed by atoms with Gasteiger partial charge in [0.05, 0.1) is 11.6 Å². The van der Waals surface area contributed by atoms with Crippen LogP contribution in [0.3, 0.4) is 0 Å². The summed E-state index contributed by atoms with van der Waals surface area (Å²) in [5.74, 6) is 0.185. The molecule has 1 fully saturated rings. The van der Waals surface area contributed by atoms with Crippen LogP contribution in [0.1, 0.15) is 25.3 Å². The lowest BCUT2D eigenvalue weighted by molar-refractivity contribution is -0.131. The van der Waals surface area contributed by atoms with Crippen molar-refractivity contribution < 1.29 is 4.79 Å². The Balaban J connectivity index is 2.07. The zero-order valence-corrected chi connectivity index (χ0v) is 11.5. The molecule has 1 aromatic rings. The Kier molecular flexibility index (Phi) is 4.06. The van der Waals surface area contributed by atoms with E-state index >= 15 is 0 Å². The molecule has 2 rings (SSSR count). The second kappa shape index (κ2) is 5.75. The van der Waals surface area contributed by atoms with Gasteiger partial charge in [0, 0.05) is 25.8 Å². The normalized spacial score (nSPS) is 15.9. The standard InChI is InChI=1S/C15H19N3O/c1-12(15(19)18-9-3-4-10-18)17(2)14-7-5-13(11-16)6-8-14/h5-8,12H,3-4,9-10H2,1-2H3. The molecule has 0 saturated carbocycles. The van der Waals surface area contributed by atoms with E-state index in [9.17, 15) is 4.79 Å². The summed E-state index contributed by atoms with van der Waals surface area (Å²) in [6.45, 7) is 3.69. The minimum atomic E-state index is -0.175. The number of hydrogen-bond acceptors (Lipinski definition) is 3. The predicted octanol–water partition coefficient (Wildman–Crippen LogP) is 2.01. The molecular weight excluding hydrogens is 238 g/mol. The molecule has 19 heavy (non-hydrogen) atoms. The van der Waals surface area contributed by atoms with E-state index in [2.05, 4.69) is 6.07 Å². The van der Waals surface area contributed by atoms with Crippen molar-refractivity contribution >= 4 is 11.6 Å². The molecule has 0 bridgehead atoms. The van der Waals surface area contributed by atoms with Gasteiger partial charge in [-0.1, -0.05) is 0 Å². The lowest BCUT2D eigenvalue weighted by Crippen LogP contribution is -2.44. The highest BCUT2D eigenvalue weighted by molar-refractivity contribution is 5.85. The highest BCUT2D eigenvalue weighted by Crippen LogP contribution is 2.18. The number of hydrogen-bond donors (Lipinski definition) is 0. The van der Waals surface area contributed by atoms with Crippen molar-refractivity contribution in [2.75, 3.05) is 25.0 Å². The van der Waals surface area contributed by atoms with Crippen LogP contribution in [-0.2, 0) is 4.79 Å². The fourth-order valence-corrected chi connectivity index (χ4v) is 2.36. The third-order valence-electron chi connectivity index (χ3n) is 3.76. The number of benzene rings is 1. The van der Waals surface area contributed by atoms with Crippen LogP contribution in [0, 0.1) is 11.3 Å². The Bertz CT molecular complexity index is 483. The van der Waals surface area contributed by atoms with Crippen LogP contribution < -0.4 is 4.90 Å². The monoisotopic (exact) mass is 257 g/mol. The quantitative estimate of drug-likeness (QED) is 0.832. The maximum Gasteiger partial charge on any atom is 0.244 e. The van der Waals surface area contributed by atoms with Gasteiger partial charge < -0.3 is 9.80 Å². The molecule has 1 saturated heterocycles. The topological polar surface area (TPSA) is 47.3 Å². The van der Waals surface area contributed by atoms with Crippen LogP contribution in [0.4, 0.5) is 5.69 Å². The van der Waals surface area contributed by atoms with Gasteiger partial charge in [0.15, 0.2) is 0 Å². The van der Waals surface area contributed by atoms with Gasteiger partial charge in [-0.15, -0.1) is 0 Å². The number of rotatable bonds is 3. The largest absolute Gasteiger partial charge is 0.363 e. The molecule has 1 amide bonds. The van der Waals surface area contributed by atoms with Crippen molar-refractivity contribution in [2.24, 2.45) is 0 Å². The van der Waals surface area contributed by atoms with Crippen LogP contribution in [-0.4, -0.2) is 37.0 Å². The maximum absolute atomic E-state index is 12.3. The second-order valence-corrected chi connectivity index (χ2v) is 4.98. The Labute approximate surface area is 114 Å². The lowest BCUT2D eigenvalue weighted by Gasteiger charge is -2.29. The SMILES string of the molecule is CC(C(=O)N1CCCC1)N(C)c1ccc(C#N)cc1. The van der Waals surface area contributed by atoms with Crippen molar-refractivity contribution in [1.82, 2.24) is 4.90 Å². The molecule has 0 radical (unpaired) electrons. The number of nitriles is 1. The first-order valence-corrected chi connectivity index (χ1v) is 6.65. The van der Waals surface area contributed by atoms with Crippen LogP contribution in [0.2, 0.25) is 0 Å². The summed E-state index contributed by atoms with van der Waals surface area (Å²) in [4.78, 5) is 16.2. The molecule has 1 heterocycles. The molecule has 1 aromatic carbocycles. The first-order valence-electron chi connectivity index (χ1n) is 6.65. The molecule has 1 unspecified atom stereocenters. The number of amides is 1. The summed E-state index contributed by atoms with van der Waals surface area (Å²) in [5, 5.41) is 8.78. The van der Waals surface area contributed by atoms with Gasteiger partial charge in [0.1, 0.15) is 6.04 Å². The van der Waals surface area contributed by atoms with Crippen molar-refractivity contribution in [3.63, 3.8) is 0 Å². The van der Waals surface area contributed by atoms with Gasteiger partial charge in [-0.25, -0.2) is 0 Å². The second-order valence-electron chi connectivity index (χ2n) is 4.98. The van der Waals surface area contributed by atoms with E-state index < -0.39 is 0 Å². The minimum Gasteiger partial charge on any atom is -0.363 e. The molecule has 4 nitrogen and oxygen atoms in total. The Morgan fingerprint density at radius 2 is 1.89 bits per heavy atom. The molecule has 1 aliphatic heterocycles. The first-order chi connectivity index (χ1) is 9.13. The van der Waals surface area contributed by atoms with Gasteiger partial charge in [-0.05, 0) is 44.0 Å². The van der Waals surface area contributed by atoms with E-state index in [1.807, 2.05) is 35.9 Å². The van der Waals surface area contributed by atoms with E-state index in [1.54, 1.807) is 12.1 Å². The summed E-state index contributed by atoms with van der Waals surface area (Å²) in [7, 11) is 1.92. The smallest absolute Gasteiger partial charge is 0.244 e. The molecule has 0 aliphatic carbocycles. The van der Waals surface area contributed by atoms with Crippen molar-refractivity contribution in [3.8, 4) is 6.07 Å². The number of likely N-dealkylation sites (N-methyl/N-ethyl adjacent to an activating group) is 1. The third-order valence-corrected chi connectivity index (χ3v) is 3.76. The number of carbonyl (C=O) groups excluding carboxylic acids is 1. The molecule has 1 atom stereocenters. The average molecular weight is 257 g/mol. The fraction of sp³-hybridized carbons (Fsp3) is 0.467. The average Bonchev–Trinajstić information content (AvgIpc) is 2.99. The number of likely N-dealkylation sites (tertiary alicyclic amines) is 1. The maximum atomic E-state index is 12.3. The Morgan fingerprint density at radius 1 is 1.32 bits per heavy atom. The van der Waals surface area contributed by atoms with Crippen LogP contribution in [0.5, 0.6) is 0 Å². The molecule has 0 aromatic heterocycles. The summed E-state index contributed by atoms with van der Waals surface area (Å²) in [5.41, 5.74) is 1.59. The van der Waals surface area contributed by atoms with Gasteiger partial charge >= 0.3 is 0 Å². The van der Waals surface area contributed by atoms with Gasteiger partial charge in [0.2, 0.25) is 5.91 Å². The zero-order valence-electron chi connectivity index (χ0n) is 11.5. The Morgan fingerprint density at radius 3 is 2.42 bits per heavy atom. The highest BCUT2D eigenvalue weighted by Gasteiger charge is 2.26. The first kappa shape index (κ1) is 13.4. The van der Waals surface area contributed by atoms with Crippen molar-refractivity contribution in [1.29, 1.82) is 5.26 Å². The predicted molar refractivity (Wildman–Crippen MR) is 74.8 cm³/mol. The Hall–Kier alpha value is -2.02. The van der Waals surface area contributed by atoms with Crippen molar-refractivity contribution in [3.05, 3.63) is 29.8 Å². The number of carbonyl (C=O) groups is 1. The third kappa shape index (κ3) is 2.87. The molecule has 100 valence electrons. The molecule has 1 aliphatic rings. The van der Waals surface area contributed by atoms with Crippen LogP contribution >= 0.6 is 0 Å².